The summed E-state index contributed by atoms with van der Waals surface area (Å²) < 4.78 is 5.70. The van der Waals surface area contributed by atoms with Crippen molar-refractivity contribution in [3.63, 3.8) is 0 Å². The minimum Gasteiger partial charge on any atom is -0.426 e. The van der Waals surface area contributed by atoms with Crippen LogP contribution in [0.1, 0.15) is 46.1 Å². The molecule has 0 unspecified atom stereocenters. The molecule has 2 heterocycles. The maximum atomic E-state index is 14.1. The number of benzene rings is 4. The molecule has 7 nitrogen and oxygen atoms in total. The van der Waals surface area contributed by atoms with Crippen LogP contribution in [0.25, 0.3) is 0 Å². The standard InChI is InChI=1S/C36H27ClN2O5/c1-19-15-23(44-36(43)20-16-29(40)38(18-20)22-8-6-7-21(37)17-22)13-14-28(19)39-34(41)32-30-24-9-2-3-10-25(24)31(33(32)35(39)42)27-12-5-4-11-26(27)30/h2-15,17,20,30-33H,16,18H2,1H3/t20-,30?,31?,32-,33-/m1/s1. The van der Waals surface area contributed by atoms with Gasteiger partial charge < -0.3 is 9.64 Å². The zero-order valence-electron chi connectivity index (χ0n) is 23.8. The van der Waals surface area contributed by atoms with Crippen LogP contribution in [0.2, 0.25) is 5.02 Å². The number of carbonyl (C=O) groups is 4. The summed E-state index contributed by atoms with van der Waals surface area (Å²) in [5, 5.41) is 0.507. The van der Waals surface area contributed by atoms with Crippen LogP contribution in [-0.2, 0) is 19.2 Å². The van der Waals surface area contributed by atoms with E-state index in [0.717, 1.165) is 22.3 Å². The molecule has 2 aliphatic heterocycles. The van der Waals surface area contributed by atoms with Crippen LogP contribution in [0.15, 0.2) is 91.0 Å². The fourth-order valence-electron chi connectivity index (χ4n) is 7.82. The molecule has 9 rings (SSSR count). The molecule has 0 radical (unpaired) electrons. The first-order valence-corrected chi connectivity index (χ1v) is 15.1. The Kier molecular flexibility index (Phi) is 6.04. The van der Waals surface area contributed by atoms with Gasteiger partial charge >= 0.3 is 5.97 Å². The number of rotatable bonds is 4. The molecule has 2 saturated heterocycles. The lowest BCUT2D eigenvalue weighted by Gasteiger charge is -2.45. The molecule has 4 aromatic carbocycles. The van der Waals surface area contributed by atoms with E-state index in [1.807, 2.05) is 24.3 Å². The molecule has 8 heteroatoms. The van der Waals surface area contributed by atoms with Gasteiger partial charge in [-0.1, -0.05) is 66.2 Å². The molecule has 0 aromatic heterocycles. The van der Waals surface area contributed by atoms with Crippen molar-refractivity contribution in [3.8, 4) is 5.75 Å². The Morgan fingerprint density at radius 1 is 0.773 bits per heavy atom. The summed E-state index contributed by atoms with van der Waals surface area (Å²) >= 11 is 6.09. The van der Waals surface area contributed by atoms with Gasteiger partial charge in [-0.05, 0) is 71.1 Å². The molecule has 4 aromatic rings. The average Bonchev–Trinajstić information content (AvgIpc) is 3.54. The van der Waals surface area contributed by atoms with Gasteiger partial charge in [-0.15, -0.1) is 0 Å². The predicted molar refractivity (Wildman–Crippen MR) is 165 cm³/mol. The number of aryl methyl sites for hydroxylation is 1. The maximum Gasteiger partial charge on any atom is 0.316 e. The van der Waals surface area contributed by atoms with Crippen LogP contribution in [0.4, 0.5) is 11.4 Å². The SMILES string of the molecule is Cc1cc(OC(=O)[C@@H]2CC(=O)N(c3cccc(Cl)c3)C2)ccc1N1C(=O)[C@@H]2C3c4ccccc4C(c4ccccc43)[C@H]2C1=O. The number of anilines is 2. The number of amides is 3. The van der Waals surface area contributed by atoms with Crippen LogP contribution in [0.5, 0.6) is 5.75 Å². The van der Waals surface area contributed by atoms with Crippen molar-refractivity contribution >= 4 is 46.7 Å². The van der Waals surface area contributed by atoms with Crippen molar-refractivity contribution in [2.75, 3.05) is 16.3 Å². The molecule has 5 aliphatic rings. The largest absolute Gasteiger partial charge is 0.426 e. The smallest absolute Gasteiger partial charge is 0.316 e. The second-order valence-corrected chi connectivity index (χ2v) is 12.5. The Balaban J connectivity index is 1.05. The molecule has 0 N–H and O–H groups in total. The topological polar surface area (TPSA) is 84.0 Å². The van der Waals surface area contributed by atoms with Crippen LogP contribution in [0, 0.1) is 24.7 Å². The quantitative estimate of drug-likeness (QED) is 0.162. The number of esters is 1. The van der Waals surface area contributed by atoms with Crippen LogP contribution in [0.3, 0.4) is 0 Å². The minimum absolute atomic E-state index is 0.0368. The van der Waals surface area contributed by atoms with Crippen molar-refractivity contribution in [1.29, 1.82) is 0 Å². The van der Waals surface area contributed by atoms with Gasteiger partial charge in [-0.2, -0.15) is 0 Å². The van der Waals surface area contributed by atoms with E-state index in [2.05, 4.69) is 24.3 Å². The second-order valence-electron chi connectivity index (χ2n) is 12.0. The first kappa shape index (κ1) is 26.8. The lowest BCUT2D eigenvalue weighted by molar-refractivity contribution is -0.139. The fourth-order valence-corrected chi connectivity index (χ4v) is 8.00. The zero-order chi connectivity index (χ0) is 30.3. The van der Waals surface area contributed by atoms with Crippen molar-refractivity contribution in [2.24, 2.45) is 17.8 Å². The highest BCUT2D eigenvalue weighted by Crippen LogP contribution is 2.61. The number of hydrogen-bond donors (Lipinski definition) is 0. The van der Waals surface area contributed by atoms with Gasteiger partial charge in [0.15, 0.2) is 0 Å². The molecule has 218 valence electrons. The molecular formula is C36H27ClN2O5. The van der Waals surface area contributed by atoms with Gasteiger partial charge in [0.1, 0.15) is 5.75 Å². The van der Waals surface area contributed by atoms with E-state index in [1.54, 1.807) is 54.3 Å². The summed E-state index contributed by atoms with van der Waals surface area (Å²) in [4.78, 5) is 56.9. The Morgan fingerprint density at radius 3 is 1.91 bits per heavy atom. The Labute approximate surface area is 259 Å². The van der Waals surface area contributed by atoms with Gasteiger partial charge in [-0.3, -0.25) is 19.2 Å². The third-order valence-corrected chi connectivity index (χ3v) is 9.89. The summed E-state index contributed by atoms with van der Waals surface area (Å²) in [6, 6.07) is 28.2. The normalized spacial score (nSPS) is 24.8. The van der Waals surface area contributed by atoms with Gasteiger partial charge in [0.2, 0.25) is 17.7 Å². The fraction of sp³-hybridized carbons (Fsp3) is 0.222. The third-order valence-electron chi connectivity index (χ3n) is 9.65. The zero-order valence-corrected chi connectivity index (χ0v) is 24.5. The molecule has 0 saturated carbocycles. The van der Waals surface area contributed by atoms with E-state index in [1.165, 1.54) is 4.90 Å². The lowest BCUT2D eigenvalue weighted by atomic mass is 9.55. The highest BCUT2D eigenvalue weighted by molar-refractivity contribution is 6.31. The van der Waals surface area contributed by atoms with E-state index in [-0.39, 0.29) is 42.5 Å². The Hall–Kier alpha value is -4.75. The van der Waals surface area contributed by atoms with E-state index >= 15 is 0 Å². The number of nitrogens with zero attached hydrogens (tertiary/aromatic N) is 2. The molecule has 3 atom stereocenters. The highest BCUT2D eigenvalue weighted by Gasteiger charge is 2.61. The van der Waals surface area contributed by atoms with Crippen molar-refractivity contribution < 1.29 is 23.9 Å². The van der Waals surface area contributed by atoms with Crippen molar-refractivity contribution in [3.05, 3.63) is 124 Å². The summed E-state index contributed by atoms with van der Waals surface area (Å²) in [6.45, 7) is 2.00. The van der Waals surface area contributed by atoms with E-state index < -0.39 is 23.7 Å². The lowest BCUT2D eigenvalue weighted by Crippen LogP contribution is -2.41. The third kappa shape index (κ3) is 3.88. The van der Waals surface area contributed by atoms with Crippen LogP contribution in [-0.4, -0.2) is 30.2 Å². The van der Waals surface area contributed by atoms with E-state index in [4.69, 9.17) is 16.3 Å². The van der Waals surface area contributed by atoms with Crippen LogP contribution < -0.4 is 14.5 Å². The molecular weight excluding hydrogens is 576 g/mol. The first-order valence-electron chi connectivity index (χ1n) is 14.8. The molecule has 0 spiro atoms. The van der Waals surface area contributed by atoms with Crippen molar-refractivity contribution in [1.82, 2.24) is 0 Å². The molecule has 44 heavy (non-hydrogen) atoms. The minimum atomic E-state index is -0.634. The Morgan fingerprint density at radius 2 is 1.36 bits per heavy atom. The summed E-state index contributed by atoms with van der Waals surface area (Å²) in [6.07, 6.45) is 0.0368. The average molecular weight is 603 g/mol. The summed E-state index contributed by atoms with van der Waals surface area (Å²) in [5.74, 6) is -2.73. The summed E-state index contributed by atoms with van der Waals surface area (Å²) in [7, 11) is 0. The highest BCUT2D eigenvalue weighted by atomic mass is 35.5. The van der Waals surface area contributed by atoms with E-state index in [0.29, 0.717) is 27.7 Å². The molecule has 2 bridgehead atoms. The van der Waals surface area contributed by atoms with Gasteiger partial charge in [0.05, 0.1) is 23.4 Å². The molecule has 3 amide bonds. The van der Waals surface area contributed by atoms with Gasteiger partial charge in [0.25, 0.3) is 0 Å². The number of ether oxygens (including phenoxy) is 1. The number of hydrogen-bond acceptors (Lipinski definition) is 5. The van der Waals surface area contributed by atoms with Gasteiger partial charge in [0, 0.05) is 35.5 Å². The molecule has 2 fully saturated rings. The summed E-state index contributed by atoms with van der Waals surface area (Å²) in [5.41, 5.74) is 6.26. The molecule has 3 aliphatic carbocycles. The van der Waals surface area contributed by atoms with Crippen molar-refractivity contribution in [2.45, 2.75) is 25.2 Å². The first-order chi connectivity index (χ1) is 21.3. The predicted octanol–water partition coefficient (Wildman–Crippen LogP) is 6.00. The number of imide groups is 1. The number of carbonyl (C=O) groups excluding carboxylic acids is 4. The Bertz CT molecular complexity index is 1800. The van der Waals surface area contributed by atoms with Crippen LogP contribution >= 0.6 is 11.6 Å². The maximum absolute atomic E-state index is 14.1. The van der Waals surface area contributed by atoms with Gasteiger partial charge in [-0.25, -0.2) is 4.90 Å². The second kappa shape index (κ2) is 9.89. The van der Waals surface area contributed by atoms with E-state index in [9.17, 15) is 19.2 Å². The number of halogens is 1. The monoisotopic (exact) mass is 602 g/mol.